The van der Waals surface area contributed by atoms with Crippen molar-refractivity contribution in [2.24, 2.45) is 34.5 Å². The molecule has 0 saturated heterocycles. The number of ether oxygens (including phenoxy) is 1. The number of terminal acetylenes is 1. The monoisotopic (exact) mass is 330 g/mol. The second-order valence-corrected chi connectivity index (χ2v) is 9.88. The molecule has 4 saturated carbocycles. The highest BCUT2D eigenvalue weighted by atomic mass is 16.5. The van der Waals surface area contributed by atoms with E-state index in [1.807, 2.05) is 7.11 Å². The fraction of sp³-hybridized carbons (Fsp3) is 0.909. The van der Waals surface area contributed by atoms with Gasteiger partial charge >= 0.3 is 0 Å². The van der Waals surface area contributed by atoms with Crippen LogP contribution in [0, 0.1) is 46.8 Å². The maximum Gasteiger partial charge on any atom is 0.125 e. The van der Waals surface area contributed by atoms with Gasteiger partial charge in [-0.05, 0) is 92.3 Å². The second-order valence-electron chi connectivity index (χ2n) is 9.88. The van der Waals surface area contributed by atoms with Crippen molar-refractivity contribution in [3.05, 3.63) is 0 Å². The van der Waals surface area contributed by atoms with Crippen LogP contribution in [-0.4, -0.2) is 23.9 Å². The Kier molecular flexibility index (Phi) is 3.87. The van der Waals surface area contributed by atoms with Gasteiger partial charge in [0, 0.05) is 7.11 Å². The van der Waals surface area contributed by atoms with Gasteiger partial charge in [0.1, 0.15) is 5.60 Å². The summed E-state index contributed by atoms with van der Waals surface area (Å²) in [6.07, 6.45) is 16.7. The zero-order valence-corrected chi connectivity index (χ0v) is 15.7. The van der Waals surface area contributed by atoms with Crippen LogP contribution in [0.2, 0.25) is 0 Å². The molecular formula is C22H34O2. The molecule has 0 bridgehead atoms. The van der Waals surface area contributed by atoms with Crippen LogP contribution in [0.15, 0.2) is 0 Å². The van der Waals surface area contributed by atoms with Gasteiger partial charge in [0.15, 0.2) is 0 Å². The van der Waals surface area contributed by atoms with E-state index in [0.29, 0.717) is 22.9 Å². The van der Waals surface area contributed by atoms with Gasteiger partial charge in [-0.3, -0.25) is 0 Å². The van der Waals surface area contributed by atoms with Crippen LogP contribution in [0.1, 0.15) is 71.6 Å². The lowest BCUT2D eigenvalue weighted by Crippen LogP contribution is -2.56. The number of hydrogen-bond donors (Lipinski definition) is 1. The van der Waals surface area contributed by atoms with Crippen LogP contribution in [0.3, 0.4) is 0 Å². The van der Waals surface area contributed by atoms with Crippen LogP contribution in [0.4, 0.5) is 0 Å². The summed E-state index contributed by atoms with van der Waals surface area (Å²) >= 11 is 0. The van der Waals surface area contributed by atoms with Crippen molar-refractivity contribution in [2.45, 2.75) is 83.3 Å². The van der Waals surface area contributed by atoms with Gasteiger partial charge in [-0.1, -0.05) is 19.8 Å². The molecule has 134 valence electrons. The Balaban J connectivity index is 1.60. The lowest BCUT2D eigenvalue weighted by molar-refractivity contribution is -0.146. The molecule has 0 unspecified atom stereocenters. The summed E-state index contributed by atoms with van der Waals surface area (Å²) in [5.74, 6) is 5.84. The maximum atomic E-state index is 10.6. The number of fused-ring (bicyclic) bond motifs is 5. The first-order valence-electron chi connectivity index (χ1n) is 10.1. The van der Waals surface area contributed by atoms with Crippen LogP contribution in [0.5, 0.6) is 0 Å². The average molecular weight is 331 g/mol. The van der Waals surface area contributed by atoms with Crippen LogP contribution in [0.25, 0.3) is 0 Å². The van der Waals surface area contributed by atoms with E-state index in [0.717, 1.165) is 37.0 Å². The molecule has 0 amide bonds. The fourth-order valence-corrected chi connectivity index (χ4v) is 7.72. The van der Waals surface area contributed by atoms with Crippen molar-refractivity contribution in [2.75, 3.05) is 7.11 Å². The Morgan fingerprint density at radius 3 is 2.42 bits per heavy atom. The second kappa shape index (κ2) is 5.49. The van der Waals surface area contributed by atoms with Crippen LogP contribution < -0.4 is 0 Å². The molecule has 0 heterocycles. The topological polar surface area (TPSA) is 29.5 Å². The van der Waals surface area contributed by atoms with Crippen molar-refractivity contribution in [1.82, 2.24) is 0 Å². The zero-order chi connectivity index (χ0) is 17.2. The highest BCUT2D eigenvalue weighted by molar-refractivity contribution is 5.16. The van der Waals surface area contributed by atoms with Crippen LogP contribution in [-0.2, 0) is 4.74 Å². The largest absolute Gasteiger partial charge is 0.381 e. The molecule has 0 aliphatic heterocycles. The number of hydrogen-bond acceptors (Lipinski definition) is 2. The summed E-state index contributed by atoms with van der Waals surface area (Å²) in [6.45, 7) is 5.03. The molecule has 4 aliphatic carbocycles. The fourth-order valence-electron chi connectivity index (χ4n) is 7.72. The Labute approximate surface area is 147 Å². The summed E-state index contributed by atoms with van der Waals surface area (Å²) in [4.78, 5) is 0. The van der Waals surface area contributed by atoms with E-state index in [9.17, 15) is 5.11 Å². The highest BCUT2D eigenvalue weighted by Crippen LogP contribution is 2.67. The van der Waals surface area contributed by atoms with Crippen molar-refractivity contribution in [3.63, 3.8) is 0 Å². The molecule has 4 aliphatic rings. The van der Waals surface area contributed by atoms with Crippen molar-refractivity contribution in [3.8, 4) is 12.3 Å². The first-order chi connectivity index (χ1) is 11.4. The Hall–Kier alpha value is -0.520. The summed E-state index contributed by atoms with van der Waals surface area (Å²) in [7, 11) is 1.91. The lowest BCUT2D eigenvalue weighted by Gasteiger charge is -2.61. The van der Waals surface area contributed by atoms with Gasteiger partial charge in [-0.2, -0.15) is 0 Å². The van der Waals surface area contributed by atoms with Crippen molar-refractivity contribution < 1.29 is 9.84 Å². The van der Waals surface area contributed by atoms with E-state index in [1.54, 1.807) is 0 Å². The van der Waals surface area contributed by atoms with Gasteiger partial charge in [-0.25, -0.2) is 0 Å². The SMILES string of the molecule is C#C[C@]1(O)CC[C@@]2(C)[C@H](CC[C@@H]3[C@@H]2CC[C@]2(C)[C@@H](OC)CC[C@@H]32)C1. The van der Waals surface area contributed by atoms with E-state index < -0.39 is 5.60 Å². The molecule has 0 aromatic carbocycles. The number of methoxy groups -OCH3 is 1. The molecule has 1 N–H and O–H groups in total. The number of aliphatic hydroxyl groups is 1. The summed E-state index contributed by atoms with van der Waals surface area (Å²) in [5, 5.41) is 10.6. The average Bonchev–Trinajstić information content (AvgIpc) is 2.92. The normalized spacial score (nSPS) is 56.7. The van der Waals surface area contributed by atoms with Crippen LogP contribution >= 0.6 is 0 Å². The lowest BCUT2D eigenvalue weighted by atomic mass is 9.44. The minimum atomic E-state index is -0.839. The molecule has 2 nitrogen and oxygen atoms in total. The summed E-state index contributed by atoms with van der Waals surface area (Å²) in [6, 6.07) is 0. The minimum Gasteiger partial charge on any atom is -0.381 e. The molecule has 24 heavy (non-hydrogen) atoms. The third-order valence-electron chi connectivity index (χ3n) is 9.19. The molecule has 0 spiro atoms. The molecule has 2 heteroatoms. The van der Waals surface area contributed by atoms with E-state index in [4.69, 9.17) is 11.2 Å². The van der Waals surface area contributed by atoms with Gasteiger partial charge in [0.2, 0.25) is 0 Å². The quantitative estimate of drug-likeness (QED) is 0.722. The van der Waals surface area contributed by atoms with Crippen molar-refractivity contribution >= 4 is 0 Å². The van der Waals surface area contributed by atoms with Gasteiger partial charge in [0.25, 0.3) is 0 Å². The van der Waals surface area contributed by atoms with E-state index in [-0.39, 0.29) is 0 Å². The van der Waals surface area contributed by atoms with Crippen molar-refractivity contribution in [1.29, 1.82) is 0 Å². The molecule has 0 aromatic heterocycles. The maximum absolute atomic E-state index is 10.6. The summed E-state index contributed by atoms with van der Waals surface area (Å²) < 4.78 is 5.88. The third kappa shape index (κ3) is 2.17. The van der Waals surface area contributed by atoms with Gasteiger partial charge in [0.05, 0.1) is 6.10 Å². The molecule has 4 rings (SSSR count). The summed E-state index contributed by atoms with van der Waals surface area (Å²) in [5.41, 5.74) is -0.0550. The zero-order valence-electron chi connectivity index (χ0n) is 15.7. The predicted molar refractivity (Wildman–Crippen MR) is 96.3 cm³/mol. The highest BCUT2D eigenvalue weighted by Gasteiger charge is 2.61. The third-order valence-corrected chi connectivity index (χ3v) is 9.19. The first-order valence-corrected chi connectivity index (χ1v) is 10.1. The first kappa shape index (κ1) is 16.9. The molecule has 4 fully saturated rings. The smallest absolute Gasteiger partial charge is 0.125 e. The van der Waals surface area contributed by atoms with E-state index in [1.165, 1.54) is 38.5 Å². The van der Waals surface area contributed by atoms with E-state index in [2.05, 4.69) is 19.8 Å². The Bertz CT molecular complexity index is 551. The minimum absolute atomic E-state index is 0.387. The van der Waals surface area contributed by atoms with Gasteiger partial charge in [-0.15, -0.1) is 6.42 Å². The van der Waals surface area contributed by atoms with Gasteiger partial charge < -0.3 is 9.84 Å². The Morgan fingerprint density at radius 1 is 0.958 bits per heavy atom. The molecular weight excluding hydrogens is 296 g/mol. The standard InChI is InChI=1S/C22H34O2/c1-5-22(23)13-12-20(2)15(14-22)6-7-16-17-8-9-19(24-4)21(17,3)11-10-18(16)20/h1,15-19,23H,6-14H2,2-4H3/t15-,16+,17+,18+,19+,20+,21+,22+/m1/s1. The van der Waals surface area contributed by atoms with E-state index >= 15 is 0 Å². The Morgan fingerprint density at radius 2 is 1.71 bits per heavy atom. The number of rotatable bonds is 1. The predicted octanol–water partition coefficient (Wildman–Crippen LogP) is 4.41. The molecule has 0 aromatic rings. The molecule has 0 radical (unpaired) electrons. The molecule has 8 atom stereocenters.